The minimum absolute atomic E-state index is 0.0811. The van der Waals surface area contributed by atoms with Crippen molar-refractivity contribution >= 4 is 32.8 Å². The summed E-state index contributed by atoms with van der Waals surface area (Å²) in [7, 11) is -3.92. The van der Waals surface area contributed by atoms with Gasteiger partial charge < -0.3 is 15.4 Å². The van der Waals surface area contributed by atoms with E-state index in [1.54, 1.807) is 30.6 Å². The molecule has 0 spiro atoms. The van der Waals surface area contributed by atoms with Crippen molar-refractivity contribution in [3.63, 3.8) is 0 Å². The Morgan fingerprint density at radius 1 is 0.977 bits per heavy atom. The largest absolute Gasteiger partial charge is 0.445 e. The average molecular weight is 614 g/mol. The maximum absolute atomic E-state index is 13.8. The Kier molecular flexibility index (Phi) is 8.33. The van der Waals surface area contributed by atoms with E-state index in [9.17, 15) is 18.0 Å². The molecule has 0 radical (unpaired) electrons. The fourth-order valence-corrected chi connectivity index (χ4v) is 7.04. The Morgan fingerprint density at radius 3 is 2.48 bits per heavy atom. The third-order valence-corrected chi connectivity index (χ3v) is 9.44. The number of pyridine rings is 2. The van der Waals surface area contributed by atoms with Crippen molar-refractivity contribution in [3.8, 4) is 0 Å². The van der Waals surface area contributed by atoms with E-state index in [1.165, 1.54) is 6.20 Å². The smallest absolute Gasteiger partial charge is 0.407 e. The Bertz CT molecular complexity index is 1790. The van der Waals surface area contributed by atoms with Crippen LogP contribution in [0.2, 0.25) is 0 Å². The normalized spacial score (nSPS) is 17.8. The number of rotatable bonds is 10. The summed E-state index contributed by atoms with van der Waals surface area (Å²) in [6, 6.07) is 15.0. The summed E-state index contributed by atoms with van der Waals surface area (Å²) >= 11 is 0. The fraction of sp³-hybridized carbons (Fsp3) is 0.333. The number of nitrogens with one attached hydrogen (secondary N) is 3. The minimum atomic E-state index is -3.92. The van der Waals surface area contributed by atoms with Crippen molar-refractivity contribution in [2.24, 2.45) is 5.92 Å². The molecule has 2 heterocycles. The molecular formula is C33H35N5O5S. The Hall–Kier alpha value is -4.35. The predicted octanol–water partition coefficient (Wildman–Crippen LogP) is 5.28. The molecule has 2 aliphatic carbocycles. The van der Waals surface area contributed by atoms with Gasteiger partial charge in [0.1, 0.15) is 6.61 Å². The number of carbonyl (C=O) groups is 2. The van der Waals surface area contributed by atoms with E-state index in [-0.39, 0.29) is 29.9 Å². The number of carbonyl (C=O) groups excluding carboxylic acids is 2. The van der Waals surface area contributed by atoms with Gasteiger partial charge in [0.05, 0.1) is 22.5 Å². The standard InChI is InChI=1S/C33H35N5O5S/c1-20(2)16-36-44(41,42)30-14-25-28(38-33(40)43-19-21-7-4-3-5-8-21)15-29(37-32(39)23-9-6-12-34-17-23)31(25)26-18-35-27(13-24(26)30)22-10-11-22/h3-9,12-14,17-18,20,22,28-29,36H,10-11,15-16,19H2,1-2H3,(H,37,39)(H,38,40)/t28-,29-/m1/s1. The number of alkyl carbamates (subject to hydrolysis) is 1. The lowest BCUT2D eigenvalue weighted by atomic mass is 9.98. The van der Waals surface area contributed by atoms with E-state index >= 15 is 0 Å². The zero-order valence-corrected chi connectivity index (χ0v) is 25.4. The summed E-state index contributed by atoms with van der Waals surface area (Å²) in [4.78, 5) is 35.2. The number of amides is 2. The van der Waals surface area contributed by atoms with Crippen molar-refractivity contribution < 1.29 is 22.7 Å². The molecule has 0 saturated heterocycles. The van der Waals surface area contributed by atoms with E-state index in [0.717, 1.165) is 29.7 Å². The summed E-state index contributed by atoms with van der Waals surface area (Å²) in [5.74, 6) is 0.0871. The summed E-state index contributed by atoms with van der Waals surface area (Å²) in [5.41, 5.74) is 3.40. The van der Waals surface area contributed by atoms with Crippen LogP contribution in [0.3, 0.4) is 0 Å². The van der Waals surface area contributed by atoms with Crippen molar-refractivity contribution in [2.75, 3.05) is 6.54 Å². The number of hydrogen-bond donors (Lipinski definition) is 3. The first kappa shape index (κ1) is 29.7. The van der Waals surface area contributed by atoms with Gasteiger partial charge in [0.2, 0.25) is 10.0 Å². The van der Waals surface area contributed by atoms with Crippen LogP contribution < -0.4 is 15.4 Å². The van der Waals surface area contributed by atoms with Crippen LogP contribution >= 0.6 is 0 Å². The van der Waals surface area contributed by atoms with Crippen LogP contribution in [0, 0.1) is 5.92 Å². The van der Waals surface area contributed by atoms with Crippen LogP contribution in [0.5, 0.6) is 0 Å². The lowest BCUT2D eigenvalue weighted by Crippen LogP contribution is -2.30. The quantitative estimate of drug-likeness (QED) is 0.221. The van der Waals surface area contributed by atoms with Gasteiger partial charge in [-0.15, -0.1) is 0 Å². The number of benzene rings is 2. The first-order chi connectivity index (χ1) is 21.2. The van der Waals surface area contributed by atoms with Crippen molar-refractivity contribution in [2.45, 2.75) is 62.6 Å². The zero-order chi connectivity index (χ0) is 30.8. The molecule has 6 rings (SSSR count). The molecule has 44 heavy (non-hydrogen) atoms. The first-order valence-electron chi connectivity index (χ1n) is 14.8. The van der Waals surface area contributed by atoms with E-state index in [4.69, 9.17) is 9.72 Å². The lowest BCUT2D eigenvalue weighted by Gasteiger charge is -2.19. The zero-order valence-electron chi connectivity index (χ0n) is 24.6. The second-order valence-corrected chi connectivity index (χ2v) is 13.5. The van der Waals surface area contributed by atoms with Crippen LogP contribution in [0.25, 0.3) is 10.8 Å². The van der Waals surface area contributed by atoms with Gasteiger partial charge >= 0.3 is 6.09 Å². The number of fused-ring (bicyclic) bond motifs is 3. The minimum Gasteiger partial charge on any atom is -0.445 e. The second-order valence-electron chi connectivity index (χ2n) is 11.8. The summed E-state index contributed by atoms with van der Waals surface area (Å²) in [6.07, 6.45) is 6.46. The number of nitrogens with zero attached hydrogens (tertiary/aromatic N) is 2. The van der Waals surface area contributed by atoms with E-state index in [2.05, 4.69) is 20.3 Å². The predicted molar refractivity (Wildman–Crippen MR) is 165 cm³/mol. The molecule has 0 bridgehead atoms. The van der Waals surface area contributed by atoms with Crippen LogP contribution in [0.15, 0.2) is 78.1 Å². The molecule has 2 aromatic heterocycles. The lowest BCUT2D eigenvalue weighted by molar-refractivity contribution is 0.0935. The molecule has 2 atom stereocenters. The van der Waals surface area contributed by atoms with E-state index < -0.39 is 28.2 Å². The molecular weight excluding hydrogens is 578 g/mol. The molecule has 0 unspecified atom stereocenters. The third kappa shape index (κ3) is 6.44. The molecule has 2 aliphatic rings. The SMILES string of the molecule is CC(C)CNS(=O)(=O)c1cc2c(c3cnc(C4CC4)cc13)[C@H](NC(=O)c1cccnc1)C[C@H]2NC(=O)OCc1ccccc1. The van der Waals surface area contributed by atoms with Gasteiger partial charge in [-0.25, -0.2) is 17.9 Å². The summed E-state index contributed by atoms with van der Waals surface area (Å²) < 4.78 is 35.8. The van der Waals surface area contributed by atoms with Gasteiger partial charge in [-0.05, 0) is 66.1 Å². The van der Waals surface area contributed by atoms with Crippen LogP contribution in [-0.4, -0.2) is 36.9 Å². The van der Waals surface area contributed by atoms with Crippen LogP contribution in [0.4, 0.5) is 4.79 Å². The molecule has 4 aromatic rings. The van der Waals surface area contributed by atoms with Gasteiger partial charge in [0.15, 0.2) is 0 Å². The molecule has 10 nitrogen and oxygen atoms in total. The van der Waals surface area contributed by atoms with Gasteiger partial charge in [0.25, 0.3) is 5.91 Å². The first-order valence-corrected chi connectivity index (χ1v) is 16.3. The molecule has 228 valence electrons. The second kappa shape index (κ2) is 12.3. The topological polar surface area (TPSA) is 139 Å². The van der Waals surface area contributed by atoms with Crippen LogP contribution in [0.1, 0.15) is 83.9 Å². The number of aromatic nitrogens is 2. The van der Waals surface area contributed by atoms with E-state index in [0.29, 0.717) is 34.2 Å². The van der Waals surface area contributed by atoms with Gasteiger partial charge in [-0.3, -0.25) is 14.8 Å². The highest BCUT2D eigenvalue weighted by Gasteiger charge is 2.38. The Morgan fingerprint density at radius 2 is 1.77 bits per heavy atom. The number of hydrogen-bond acceptors (Lipinski definition) is 7. The Balaban J connectivity index is 1.41. The number of ether oxygens (including phenoxy) is 1. The molecule has 11 heteroatoms. The highest BCUT2D eigenvalue weighted by molar-refractivity contribution is 7.89. The molecule has 2 amide bonds. The average Bonchev–Trinajstić information content (AvgIpc) is 3.83. The molecule has 2 aromatic carbocycles. The highest BCUT2D eigenvalue weighted by atomic mass is 32.2. The molecule has 1 fully saturated rings. The monoisotopic (exact) mass is 613 g/mol. The van der Waals surface area contributed by atoms with Gasteiger partial charge in [0, 0.05) is 47.5 Å². The number of sulfonamides is 1. The highest BCUT2D eigenvalue weighted by Crippen LogP contribution is 2.47. The van der Waals surface area contributed by atoms with Crippen molar-refractivity contribution in [1.82, 2.24) is 25.3 Å². The molecule has 1 saturated carbocycles. The van der Waals surface area contributed by atoms with Crippen molar-refractivity contribution in [3.05, 3.63) is 101 Å². The van der Waals surface area contributed by atoms with Crippen LogP contribution in [-0.2, 0) is 21.4 Å². The Labute approximate surface area is 256 Å². The summed E-state index contributed by atoms with van der Waals surface area (Å²) in [6.45, 7) is 4.24. The van der Waals surface area contributed by atoms with Gasteiger partial charge in [-0.2, -0.15) is 0 Å². The molecule has 0 aliphatic heterocycles. The van der Waals surface area contributed by atoms with Crippen molar-refractivity contribution in [1.29, 1.82) is 0 Å². The van der Waals surface area contributed by atoms with Gasteiger partial charge in [-0.1, -0.05) is 44.2 Å². The fourth-order valence-electron chi connectivity index (χ4n) is 5.59. The van der Waals surface area contributed by atoms with E-state index in [1.807, 2.05) is 50.2 Å². The maximum atomic E-state index is 13.8. The third-order valence-electron chi connectivity index (χ3n) is 7.97. The maximum Gasteiger partial charge on any atom is 0.407 e. The molecule has 3 N–H and O–H groups in total. The summed E-state index contributed by atoms with van der Waals surface area (Å²) in [5, 5.41) is 7.18.